The van der Waals surface area contributed by atoms with E-state index in [1.54, 1.807) is 6.20 Å². The molecular formula is C14H21BrN2. The molecule has 3 heteroatoms. The zero-order valence-corrected chi connectivity index (χ0v) is 12.4. The van der Waals surface area contributed by atoms with Crippen LogP contribution in [0.15, 0.2) is 35.6 Å². The second-order valence-corrected chi connectivity index (χ2v) is 6.00. The average Bonchev–Trinajstić information content (AvgIpc) is 2.26. The minimum atomic E-state index is 0.0622. The molecule has 1 heterocycles. The molecule has 0 radical (unpaired) electrons. The highest BCUT2D eigenvalue weighted by Gasteiger charge is 2.21. The van der Waals surface area contributed by atoms with Crippen LogP contribution < -0.4 is 5.32 Å². The Morgan fingerprint density at radius 3 is 2.76 bits per heavy atom. The fourth-order valence-electron chi connectivity index (χ4n) is 1.66. The molecule has 94 valence electrons. The van der Waals surface area contributed by atoms with Crippen LogP contribution in [0.3, 0.4) is 0 Å². The maximum atomic E-state index is 4.20. The van der Waals surface area contributed by atoms with Crippen LogP contribution >= 0.6 is 15.9 Å². The molecule has 17 heavy (non-hydrogen) atoms. The van der Waals surface area contributed by atoms with Crippen LogP contribution in [0.5, 0.6) is 0 Å². The maximum Gasteiger partial charge on any atom is 0.0410 e. The van der Waals surface area contributed by atoms with Gasteiger partial charge < -0.3 is 5.32 Å². The predicted molar refractivity (Wildman–Crippen MR) is 77.1 cm³/mol. The maximum absolute atomic E-state index is 4.20. The summed E-state index contributed by atoms with van der Waals surface area (Å²) in [5.41, 5.74) is 1.29. The van der Waals surface area contributed by atoms with Gasteiger partial charge in [-0.3, -0.25) is 4.98 Å². The Hall–Kier alpha value is -0.670. The first-order chi connectivity index (χ1) is 7.95. The number of aromatic nitrogens is 1. The first-order valence-corrected chi connectivity index (χ1v) is 6.71. The smallest absolute Gasteiger partial charge is 0.0410 e. The molecule has 0 aromatic carbocycles. The molecule has 0 saturated heterocycles. The van der Waals surface area contributed by atoms with E-state index in [4.69, 9.17) is 0 Å². The third kappa shape index (κ3) is 5.00. The van der Waals surface area contributed by atoms with Gasteiger partial charge in [-0.05, 0) is 34.0 Å². The first kappa shape index (κ1) is 14.4. The Labute approximate surface area is 113 Å². The van der Waals surface area contributed by atoms with Gasteiger partial charge >= 0.3 is 0 Å². The third-order valence-corrected chi connectivity index (χ3v) is 3.21. The highest BCUT2D eigenvalue weighted by Crippen LogP contribution is 2.24. The Morgan fingerprint density at radius 2 is 2.24 bits per heavy atom. The van der Waals surface area contributed by atoms with Crippen molar-refractivity contribution in [1.29, 1.82) is 0 Å². The van der Waals surface area contributed by atoms with Crippen molar-refractivity contribution in [3.8, 4) is 0 Å². The summed E-state index contributed by atoms with van der Waals surface area (Å²) >= 11 is 3.45. The molecule has 1 unspecified atom stereocenters. The number of rotatable bonds is 6. The molecule has 2 nitrogen and oxygen atoms in total. The summed E-state index contributed by atoms with van der Waals surface area (Å²) in [6, 6.07) is 2.61. The summed E-state index contributed by atoms with van der Waals surface area (Å²) in [6.45, 7) is 11.4. The van der Waals surface area contributed by atoms with Gasteiger partial charge in [-0.2, -0.15) is 0 Å². The number of nitrogens with zero attached hydrogens (tertiary/aromatic N) is 1. The molecule has 1 N–H and O–H groups in total. The lowest BCUT2D eigenvalue weighted by molar-refractivity contribution is 0.373. The predicted octanol–water partition coefficient (Wildman–Crippen LogP) is 3.58. The van der Waals surface area contributed by atoms with Gasteiger partial charge in [0.2, 0.25) is 0 Å². The van der Waals surface area contributed by atoms with Crippen molar-refractivity contribution in [2.45, 2.75) is 33.2 Å². The zero-order valence-electron chi connectivity index (χ0n) is 10.8. The monoisotopic (exact) mass is 296 g/mol. The van der Waals surface area contributed by atoms with E-state index in [9.17, 15) is 0 Å². The average molecular weight is 297 g/mol. The summed E-state index contributed by atoms with van der Waals surface area (Å²) in [6.07, 6.45) is 6.70. The lowest BCUT2D eigenvalue weighted by Gasteiger charge is -2.27. The zero-order chi connectivity index (χ0) is 12.9. The van der Waals surface area contributed by atoms with Crippen molar-refractivity contribution in [2.75, 3.05) is 6.54 Å². The summed E-state index contributed by atoms with van der Waals surface area (Å²) in [4.78, 5) is 4.20. The van der Waals surface area contributed by atoms with Gasteiger partial charge in [0.15, 0.2) is 0 Å². The molecule has 1 aromatic rings. The molecule has 0 aliphatic carbocycles. The van der Waals surface area contributed by atoms with Gasteiger partial charge in [0.25, 0.3) is 0 Å². The minimum Gasteiger partial charge on any atom is -0.314 e. The molecule has 0 amide bonds. The van der Waals surface area contributed by atoms with Crippen LogP contribution in [0.4, 0.5) is 0 Å². The van der Waals surface area contributed by atoms with Crippen molar-refractivity contribution in [2.24, 2.45) is 5.41 Å². The number of hydrogen-bond donors (Lipinski definition) is 1. The number of hydrogen-bond acceptors (Lipinski definition) is 2. The largest absolute Gasteiger partial charge is 0.314 e. The second-order valence-electron chi connectivity index (χ2n) is 5.08. The highest BCUT2D eigenvalue weighted by molar-refractivity contribution is 9.10. The molecule has 1 rings (SSSR count). The van der Waals surface area contributed by atoms with Gasteiger partial charge in [0.05, 0.1) is 0 Å². The van der Waals surface area contributed by atoms with Crippen LogP contribution in [0.25, 0.3) is 0 Å². The standard InChI is InChI=1S/C14H21BrN2/c1-5-14(4,10-17-11(2)3)7-12-6-13(15)9-16-8-12/h5-6,8-9,11,17H,1,7,10H2,2-4H3. The van der Waals surface area contributed by atoms with Crippen molar-refractivity contribution in [3.05, 3.63) is 41.2 Å². The summed E-state index contributed by atoms with van der Waals surface area (Å²) in [5.74, 6) is 0. The van der Waals surface area contributed by atoms with Crippen LogP contribution in [0, 0.1) is 5.41 Å². The number of nitrogens with one attached hydrogen (secondary N) is 1. The van der Waals surface area contributed by atoms with Crippen LogP contribution in [0.1, 0.15) is 26.3 Å². The normalized spacial score (nSPS) is 14.6. The summed E-state index contributed by atoms with van der Waals surface area (Å²) in [7, 11) is 0. The molecule has 0 saturated carbocycles. The quantitative estimate of drug-likeness (QED) is 0.812. The molecule has 0 fully saturated rings. The first-order valence-electron chi connectivity index (χ1n) is 5.91. The molecule has 0 bridgehead atoms. The lowest BCUT2D eigenvalue weighted by Crippen LogP contribution is -2.35. The van der Waals surface area contributed by atoms with Crippen LogP contribution in [0.2, 0.25) is 0 Å². The van der Waals surface area contributed by atoms with E-state index in [-0.39, 0.29) is 5.41 Å². The van der Waals surface area contributed by atoms with E-state index < -0.39 is 0 Å². The highest BCUT2D eigenvalue weighted by atomic mass is 79.9. The van der Waals surface area contributed by atoms with Crippen LogP contribution in [-0.2, 0) is 6.42 Å². The molecule has 0 aliphatic rings. The van der Waals surface area contributed by atoms with Crippen molar-refractivity contribution in [3.63, 3.8) is 0 Å². The Bertz CT molecular complexity index is 376. The van der Waals surface area contributed by atoms with E-state index in [0.717, 1.165) is 17.4 Å². The van der Waals surface area contributed by atoms with E-state index in [2.05, 4.69) is 59.6 Å². The Balaban J connectivity index is 2.71. The van der Waals surface area contributed by atoms with Gasteiger partial charge in [0.1, 0.15) is 0 Å². The SMILES string of the molecule is C=CC(C)(CNC(C)C)Cc1cncc(Br)c1. The lowest BCUT2D eigenvalue weighted by atomic mass is 9.84. The van der Waals surface area contributed by atoms with Crippen molar-refractivity contribution >= 4 is 15.9 Å². The van der Waals surface area contributed by atoms with E-state index in [0.29, 0.717) is 6.04 Å². The summed E-state index contributed by atoms with van der Waals surface area (Å²) in [5, 5.41) is 3.47. The van der Waals surface area contributed by atoms with E-state index in [1.807, 2.05) is 12.3 Å². The molecule has 1 atom stereocenters. The van der Waals surface area contributed by atoms with Crippen molar-refractivity contribution in [1.82, 2.24) is 10.3 Å². The summed E-state index contributed by atoms with van der Waals surface area (Å²) < 4.78 is 1.03. The molecule has 0 spiro atoms. The minimum absolute atomic E-state index is 0.0622. The van der Waals surface area contributed by atoms with Gasteiger partial charge in [-0.25, -0.2) is 0 Å². The van der Waals surface area contributed by atoms with E-state index in [1.165, 1.54) is 5.56 Å². The fourth-order valence-corrected chi connectivity index (χ4v) is 2.08. The van der Waals surface area contributed by atoms with Gasteiger partial charge in [-0.15, -0.1) is 6.58 Å². The Morgan fingerprint density at radius 1 is 1.53 bits per heavy atom. The van der Waals surface area contributed by atoms with Gasteiger partial charge in [0, 0.05) is 34.9 Å². The molecule has 0 aliphatic heterocycles. The van der Waals surface area contributed by atoms with Crippen LogP contribution in [-0.4, -0.2) is 17.6 Å². The van der Waals surface area contributed by atoms with E-state index >= 15 is 0 Å². The number of halogens is 1. The third-order valence-electron chi connectivity index (χ3n) is 2.78. The number of pyridine rings is 1. The fraction of sp³-hybridized carbons (Fsp3) is 0.500. The van der Waals surface area contributed by atoms with Crippen molar-refractivity contribution < 1.29 is 0 Å². The van der Waals surface area contributed by atoms with Gasteiger partial charge in [-0.1, -0.05) is 26.8 Å². The molecule has 1 aromatic heterocycles. The Kier molecular flexibility index (Phi) is 5.34. The second kappa shape index (κ2) is 6.31. The topological polar surface area (TPSA) is 24.9 Å². The molecular weight excluding hydrogens is 276 g/mol.